The summed E-state index contributed by atoms with van der Waals surface area (Å²) in [6.45, 7) is 5.14. The van der Waals surface area contributed by atoms with Crippen LogP contribution in [0.25, 0.3) is 11.3 Å². The molecule has 0 unspecified atom stereocenters. The molecule has 1 aromatic heterocycles. The van der Waals surface area contributed by atoms with E-state index in [9.17, 15) is 5.26 Å². The van der Waals surface area contributed by atoms with Gasteiger partial charge in [-0.05, 0) is 18.7 Å². The van der Waals surface area contributed by atoms with Crippen molar-refractivity contribution in [3.63, 3.8) is 0 Å². The molecule has 24 heavy (non-hydrogen) atoms. The van der Waals surface area contributed by atoms with Gasteiger partial charge in [0.1, 0.15) is 17.5 Å². The molecule has 0 saturated carbocycles. The highest BCUT2D eigenvalue weighted by Crippen LogP contribution is 2.26. The van der Waals surface area contributed by atoms with E-state index in [4.69, 9.17) is 11.5 Å². The lowest BCUT2D eigenvalue weighted by Crippen LogP contribution is -2.43. The van der Waals surface area contributed by atoms with Crippen molar-refractivity contribution in [1.82, 2.24) is 19.8 Å². The van der Waals surface area contributed by atoms with Crippen LogP contribution in [-0.2, 0) is 6.54 Å². The number of aromatic nitrogens is 2. The highest BCUT2D eigenvalue weighted by Gasteiger charge is 2.16. The van der Waals surface area contributed by atoms with Crippen LogP contribution < -0.4 is 11.5 Å². The SMILES string of the molecule is CN1CCN(Cc2cccc(-c3nc(N)nc(N)c3C#N)c2)CC1. The van der Waals surface area contributed by atoms with Gasteiger partial charge in [0, 0.05) is 38.3 Å². The lowest BCUT2D eigenvalue weighted by Gasteiger charge is -2.32. The maximum absolute atomic E-state index is 9.34. The third-order valence-corrected chi connectivity index (χ3v) is 4.27. The number of anilines is 2. The van der Waals surface area contributed by atoms with Crippen LogP contribution in [-0.4, -0.2) is 53.0 Å². The van der Waals surface area contributed by atoms with Crippen LogP contribution in [0.3, 0.4) is 0 Å². The molecule has 1 aliphatic heterocycles. The first kappa shape index (κ1) is 16.2. The lowest BCUT2D eigenvalue weighted by molar-refractivity contribution is 0.148. The van der Waals surface area contributed by atoms with E-state index < -0.39 is 0 Å². The highest BCUT2D eigenvalue weighted by molar-refractivity contribution is 5.73. The fraction of sp³-hybridized carbons (Fsp3) is 0.353. The molecule has 1 aromatic carbocycles. The van der Waals surface area contributed by atoms with E-state index in [2.05, 4.69) is 39.0 Å². The molecule has 0 amide bonds. The fourth-order valence-electron chi connectivity index (χ4n) is 2.90. The molecule has 0 bridgehead atoms. The van der Waals surface area contributed by atoms with Gasteiger partial charge in [-0.3, -0.25) is 4.90 Å². The second kappa shape index (κ2) is 6.83. The molecular formula is C17H21N7. The van der Waals surface area contributed by atoms with Crippen molar-refractivity contribution >= 4 is 11.8 Å². The Bertz CT molecular complexity index is 773. The maximum atomic E-state index is 9.34. The van der Waals surface area contributed by atoms with Crippen LogP contribution >= 0.6 is 0 Å². The lowest BCUT2D eigenvalue weighted by atomic mass is 10.0. The van der Waals surface area contributed by atoms with Gasteiger partial charge in [-0.25, -0.2) is 4.98 Å². The van der Waals surface area contributed by atoms with Gasteiger partial charge in [-0.15, -0.1) is 0 Å². The molecule has 7 nitrogen and oxygen atoms in total. The van der Waals surface area contributed by atoms with Gasteiger partial charge < -0.3 is 16.4 Å². The minimum absolute atomic E-state index is 0.0750. The predicted molar refractivity (Wildman–Crippen MR) is 93.8 cm³/mol. The summed E-state index contributed by atoms with van der Waals surface area (Å²) in [5.41, 5.74) is 14.3. The van der Waals surface area contributed by atoms with Gasteiger partial charge in [-0.2, -0.15) is 10.2 Å². The number of nitriles is 1. The fourth-order valence-corrected chi connectivity index (χ4v) is 2.90. The molecule has 4 N–H and O–H groups in total. The molecule has 1 saturated heterocycles. The van der Waals surface area contributed by atoms with Gasteiger partial charge in [-0.1, -0.05) is 18.2 Å². The second-order valence-electron chi connectivity index (χ2n) is 6.08. The van der Waals surface area contributed by atoms with Gasteiger partial charge in [0.05, 0.1) is 5.69 Å². The summed E-state index contributed by atoms with van der Waals surface area (Å²) < 4.78 is 0. The number of nitrogen functional groups attached to an aromatic ring is 2. The third-order valence-electron chi connectivity index (χ3n) is 4.27. The molecule has 2 aromatic rings. The molecule has 2 heterocycles. The summed E-state index contributed by atoms with van der Waals surface area (Å²) in [4.78, 5) is 12.8. The molecule has 1 fully saturated rings. The standard InChI is InChI=1S/C17H21N7/c1-23-5-7-24(8-6-23)11-12-3-2-4-13(9-12)15-14(10-18)16(19)22-17(20)21-15/h2-4,9H,5-8,11H2,1H3,(H4,19,20,21,22). The van der Waals surface area contributed by atoms with Crippen molar-refractivity contribution < 1.29 is 0 Å². The van der Waals surface area contributed by atoms with E-state index >= 15 is 0 Å². The Morgan fingerprint density at radius 2 is 1.92 bits per heavy atom. The van der Waals surface area contributed by atoms with Crippen molar-refractivity contribution in [3.8, 4) is 17.3 Å². The van der Waals surface area contributed by atoms with Crippen LogP contribution in [0.2, 0.25) is 0 Å². The van der Waals surface area contributed by atoms with Crippen LogP contribution in [0.5, 0.6) is 0 Å². The number of nitrogens with zero attached hydrogens (tertiary/aromatic N) is 5. The van der Waals surface area contributed by atoms with E-state index in [-0.39, 0.29) is 17.3 Å². The average Bonchev–Trinajstić information content (AvgIpc) is 2.57. The van der Waals surface area contributed by atoms with Crippen LogP contribution in [0, 0.1) is 11.3 Å². The first-order valence-electron chi connectivity index (χ1n) is 7.90. The largest absolute Gasteiger partial charge is 0.382 e. The van der Waals surface area contributed by atoms with E-state index in [0.29, 0.717) is 5.69 Å². The summed E-state index contributed by atoms with van der Waals surface area (Å²) in [6.07, 6.45) is 0. The number of hydrogen-bond donors (Lipinski definition) is 2. The molecule has 1 aliphatic rings. The van der Waals surface area contributed by atoms with Crippen molar-refractivity contribution in [3.05, 3.63) is 35.4 Å². The van der Waals surface area contributed by atoms with E-state index in [1.165, 1.54) is 5.56 Å². The Kier molecular flexibility index (Phi) is 4.60. The Morgan fingerprint density at radius 3 is 2.62 bits per heavy atom. The molecular weight excluding hydrogens is 302 g/mol. The summed E-state index contributed by atoms with van der Waals surface area (Å²) in [5, 5.41) is 9.34. The van der Waals surface area contributed by atoms with Crippen molar-refractivity contribution in [1.29, 1.82) is 5.26 Å². The molecule has 124 valence electrons. The molecule has 0 radical (unpaired) electrons. The minimum atomic E-state index is 0.0750. The summed E-state index contributed by atoms with van der Waals surface area (Å²) in [5.74, 6) is 0.190. The third kappa shape index (κ3) is 3.45. The first-order chi connectivity index (χ1) is 11.6. The Labute approximate surface area is 141 Å². The topological polar surface area (TPSA) is 108 Å². The van der Waals surface area contributed by atoms with Crippen molar-refractivity contribution in [2.45, 2.75) is 6.54 Å². The first-order valence-corrected chi connectivity index (χ1v) is 7.90. The van der Waals surface area contributed by atoms with Crippen LogP contribution in [0.4, 0.5) is 11.8 Å². The van der Waals surface area contributed by atoms with Gasteiger partial charge in [0.25, 0.3) is 0 Å². The van der Waals surface area contributed by atoms with Gasteiger partial charge in [0.15, 0.2) is 0 Å². The number of benzene rings is 1. The maximum Gasteiger partial charge on any atom is 0.222 e. The smallest absolute Gasteiger partial charge is 0.222 e. The zero-order valence-corrected chi connectivity index (χ0v) is 13.7. The number of likely N-dealkylation sites (N-methyl/N-ethyl adjacent to an activating group) is 1. The Morgan fingerprint density at radius 1 is 1.17 bits per heavy atom. The van der Waals surface area contributed by atoms with Crippen LogP contribution in [0.1, 0.15) is 11.1 Å². The number of hydrogen-bond acceptors (Lipinski definition) is 7. The summed E-state index contributed by atoms with van der Waals surface area (Å²) in [7, 11) is 2.14. The van der Waals surface area contributed by atoms with Crippen molar-refractivity contribution in [2.24, 2.45) is 0 Å². The van der Waals surface area contributed by atoms with Gasteiger partial charge >= 0.3 is 0 Å². The molecule has 7 heteroatoms. The highest BCUT2D eigenvalue weighted by atomic mass is 15.2. The number of rotatable bonds is 3. The monoisotopic (exact) mass is 323 g/mol. The summed E-state index contributed by atoms with van der Waals surface area (Å²) in [6, 6.07) is 10.1. The zero-order chi connectivity index (χ0) is 17.1. The Balaban J connectivity index is 1.87. The Hall–Kier alpha value is -2.69. The van der Waals surface area contributed by atoms with E-state index in [1.807, 2.05) is 18.2 Å². The van der Waals surface area contributed by atoms with Crippen molar-refractivity contribution in [2.75, 3.05) is 44.7 Å². The quantitative estimate of drug-likeness (QED) is 0.865. The summed E-state index contributed by atoms with van der Waals surface area (Å²) >= 11 is 0. The molecule has 0 atom stereocenters. The molecule has 0 aliphatic carbocycles. The van der Waals surface area contributed by atoms with E-state index in [1.54, 1.807) is 0 Å². The minimum Gasteiger partial charge on any atom is -0.382 e. The number of nitrogens with two attached hydrogens (primary N) is 2. The molecule has 3 rings (SSSR count). The molecule has 0 spiro atoms. The van der Waals surface area contributed by atoms with Crippen LogP contribution in [0.15, 0.2) is 24.3 Å². The van der Waals surface area contributed by atoms with E-state index in [0.717, 1.165) is 38.3 Å². The zero-order valence-electron chi connectivity index (χ0n) is 13.7. The number of piperazine rings is 1. The normalized spacial score (nSPS) is 16.0. The second-order valence-corrected chi connectivity index (χ2v) is 6.08. The average molecular weight is 323 g/mol. The van der Waals surface area contributed by atoms with Gasteiger partial charge in [0.2, 0.25) is 5.95 Å². The predicted octanol–water partition coefficient (Wildman–Crippen LogP) is 0.927.